The van der Waals surface area contributed by atoms with E-state index in [1.54, 1.807) is 16.8 Å². The van der Waals surface area contributed by atoms with E-state index in [1.165, 1.54) is 12.1 Å². The molecule has 134 valence electrons. The average molecular weight is 352 g/mol. The van der Waals surface area contributed by atoms with E-state index in [2.05, 4.69) is 15.4 Å². The molecule has 0 saturated carbocycles. The molecular formula is C20H21FN4O. The molecule has 0 aliphatic carbocycles. The van der Waals surface area contributed by atoms with E-state index < -0.39 is 0 Å². The number of carbonyl (C=O) groups excluding carboxylic acids is 1. The number of halogens is 1. The van der Waals surface area contributed by atoms with Crippen molar-refractivity contribution in [3.05, 3.63) is 66.0 Å². The third-order valence-electron chi connectivity index (χ3n) is 4.19. The van der Waals surface area contributed by atoms with Gasteiger partial charge in [0.2, 0.25) is 5.91 Å². The molecule has 0 saturated heterocycles. The average Bonchev–Trinajstić information content (AvgIpc) is 2.93. The summed E-state index contributed by atoms with van der Waals surface area (Å²) in [4.78, 5) is 16.7. The summed E-state index contributed by atoms with van der Waals surface area (Å²) < 4.78 is 14.8. The second kappa shape index (κ2) is 7.47. The highest BCUT2D eigenvalue weighted by Gasteiger charge is 2.16. The number of carbonyl (C=O) groups is 1. The Morgan fingerprint density at radius 3 is 2.19 bits per heavy atom. The third-order valence-corrected chi connectivity index (χ3v) is 4.19. The zero-order valence-electron chi connectivity index (χ0n) is 15.0. The molecule has 0 spiro atoms. The molecule has 0 bridgehead atoms. The maximum absolute atomic E-state index is 13.0. The first-order valence-electron chi connectivity index (χ1n) is 8.47. The van der Waals surface area contributed by atoms with Gasteiger partial charge < -0.3 is 5.32 Å². The minimum Gasteiger partial charge on any atom is -0.326 e. The van der Waals surface area contributed by atoms with Crippen molar-refractivity contribution in [1.82, 2.24) is 14.8 Å². The summed E-state index contributed by atoms with van der Waals surface area (Å²) in [7, 11) is 0. The minimum atomic E-state index is -0.260. The highest BCUT2D eigenvalue weighted by atomic mass is 19.1. The SMILES string of the molecule is Cc1nc(C)n(CC(C)C(=O)Nc2ccc(-c3ccc(F)cc3)cc2)n1. The van der Waals surface area contributed by atoms with Gasteiger partial charge in [-0.25, -0.2) is 14.1 Å². The lowest BCUT2D eigenvalue weighted by molar-refractivity contribution is -0.119. The Morgan fingerprint density at radius 1 is 1.08 bits per heavy atom. The number of nitrogens with one attached hydrogen (secondary N) is 1. The van der Waals surface area contributed by atoms with Crippen LogP contribution in [0.25, 0.3) is 11.1 Å². The third kappa shape index (κ3) is 4.14. The molecular weight excluding hydrogens is 331 g/mol. The zero-order valence-corrected chi connectivity index (χ0v) is 15.0. The number of hydrogen-bond acceptors (Lipinski definition) is 3. The zero-order chi connectivity index (χ0) is 18.7. The number of anilines is 1. The fourth-order valence-corrected chi connectivity index (χ4v) is 2.73. The monoisotopic (exact) mass is 352 g/mol. The Hall–Kier alpha value is -3.02. The maximum Gasteiger partial charge on any atom is 0.229 e. The lowest BCUT2D eigenvalue weighted by Crippen LogP contribution is -2.25. The molecule has 1 aromatic heterocycles. The molecule has 0 aliphatic rings. The van der Waals surface area contributed by atoms with Crippen molar-refractivity contribution < 1.29 is 9.18 Å². The Balaban J connectivity index is 1.63. The number of amides is 1. The van der Waals surface area contributed by atoms with Crippen molar-refractivity contribution in [2.24, 2.45) is 5.92 Å². The highest BCUT2D eigenvalue weighted by Crippen LogP contribution is 2.22. The molecule has 0 fully saturated rings. The quantitative estimate of drug-likeness (QED) is 0.756. The van der Waals surface area contributed by atoms with Crippen molar-refractivity contribution in [2.75, 3.05) is 5.32 Å². The van der Waals surface area contributed by atoms with Crippen LogP contribution in [0.5, 0.6) is 0 Å². The van der Waals surface area contributed by atoms with Crippen LogP contribution in [-0.2, 0) is 11.3 Å². The predicted molar refractivity (Wildman–Crippen MR) is 99.1 cm³/mol. The number of rotatable bonds is 5. The molecule has 0 radical (unpaired) electrons. The topological polar surface area (TPSA) is 59.8 Å². The predicted octanol–water partition coefficient (Wildman–Crippen LogP) is 3.98. The van der Waals surface area contributed by atoms with E-state index in [0.717, 1.165) is 22.6 Å². The van der Waals surface area contributed by atoms with Gasteiger partial charge in [0.25, 0.3) is 0 Å². The standard InChI is InChI=1S/C20H21FN4O/c1-13(12-25-15(3)22-14(2)24-25)20(26)23-19-10-6-17(7-11-19)16-4-8-18(21)9-5-16/h4-11,13H,12H2,1-3H3,(H,23,26). The van der Waals surface area contributed by atoms with Gasteiger partial charge >= 0.3 is 0 Å². The summed E-state index contributed by atoms with van der Waals surface area (Å²) >= 11 is 0. The van der Waals surface area contributed by atoms with Crippen LogP contribution < -0.4 is 5.32 Å². The molecule has 2 aromatic carbocycles. The molecule has 0 aliphatic heterocycles. The molecule has 1 unspecified atom stereocenters. The van der Waals surface area contributed by atoms with Crippen LogP contribution in [0.15, 0.2) is 48.5 Å². The van der Waals surface area contributed by atoms with Gasteiger partial charge in [-0.1, -0.05) is 31.2 Å². The molecule has 3 aromatic rings. The van der Waals surface area contributed by atoms with Crippen molar-refractivity contribution in [3.8, 4) is 11.1 Å². The van der Waals surface area contributed by atoms with Crippen LogP contribution in [0, 0.1) is 25.6 Å². The molecule has 5 nitrogen and oxygen atoms in total. The van der Waals surface area contributed by atoms with Gasteiger partial charge in [-0.05, 0) is 49.2 Å². The summed E-state index contributed by atoms with van der Waals surface area (Å²) in [6.07, 6.45) is 0. The van der Waals surface area contributed by atoms with Gasteiger partial charge in [0.15, 0.2) is 0 Å². The summed E-state index contributed by atoms with van der Waals surface area (Å²) in [5.41, 5.74) is 2.61. The minimum absolute atomic E-state index is 0.0768. The van der Waals surface area contributed by atoms with Crippen LogP contribution in [0.3, 0.4) is 0 Å². The number of nitrogens with zero attached hydrogens (tertiary/aromatic N) is 3. The van der Waals surface area contributed by atoms with E-state index in [1.807, 2.05) is 45.0 Å². The van der Waals surface area contributed by atoms with E-state index in [9.17, 15) is 9.18 Å². The number of aromatic nitrogens is 3. The van der Waals surface area contributed by atoms with E-state index in [0.29, 0.717) is 12.4 Å². The maximum atomic E-state index is 13.0. The lowest BCUT2D eigenvalue weighted by Gasteiger charge is -2.13. The van der Waals surface area contributed by atoms with Crippen molar-refractivity contribution in [1.29, 1.82) is 0 Å². The number of benzene rings is 2. The fourth-order valence-electron chi connectivity index (χ4n) is 2.73. The van der Waals surface area contributed by atoms with Gasteiger partial charge in [-0.3, -0.25) is 4.79 Å². The van der Waals surface area contributed by atoms with Crippen LogP contribution in [0.4, 0.5) is 10.1 Å². The number of aryl methyl sites for hydroxylation is 2. The summed E-state index contributed by atoms with van der Waals surface area (Å²) in [6, 6.07) is 13.8. The van der Waals surface area contributed by atoms with Crippen LogP contribution >= 0.6 is 0 Å². The van der Waals surface area contributed by atoms with Crippen LogP contribution in [0.1, 0.15) is 18.6 Å². The molecule has 1 amide bonds. The van der Waals surface area contributed by atoms with Gasteiger partial charge in [-0.2, -0.15) is 5.10 Å². The molecule has 3 rings (SSSR count). The lowest BCUT2D eigenvalue weighted by atomic mass is 10.1. The second-order valence-electron chi connectivity index (χ2n) is 6.36. The Labute approximate surface area is 151 Å². The van der Waals surface area contributed by atoms with Gasteiger partial charge in [0.1, 0.15) is 17.5 Å². The van der Waals surface area contributed by atoms with Gasteiger partial charge in [0, 0.05) is 5.69 Å². The summed E-state index contributed by atoms with van der Waals surface area (Å²) in [6.45, 7) is 6.04. The van der Waals surface area contributed by atoms with Crippen LogP contribution in [-0.4, -0.2) is 20.7 Å². The first-order valence-corrected chi connectivity index (χ1v) is 8.47. The van der Waals surface area contributed by atoms with Gasteiger partial charge in [0.05, 0.1) is 12.5 Å². The molecule has 1 N–H and O–H groups in total. The Morgan fingerprint density at radius 2 is 1.65 bits per heavy atom. The first kappa shape index (κ1) is 17.8. The Kier molecular flexibility index (Phi) is 5.11. The molecule has 1 heterocycles. The number of hydrogen-bond donors (Lipinski definition) is 1. The molecule has 26 heavy (non-hydrogen) atoms. The van der Waals surface area contributed by atoms with E-state index in [4.69, 9.17) is 0 Å². The fraction of sp³-hybridized carbons (Fsp3) is 0.250. The summed E-state index contributed by atoms with van der Waals surface area (Å²) in [5.74, 6) is 0.917. The van der Waals surface area contributed by atoms with E-state index >= 15 is 0 Å². The highest BCUT2D eigenvalue weighted by molar-refractivity contribution is 5.92. The van der Waals surface area contributed by atoms with Gasteiger partial charge in [-0.15, -0.1) is 0 Å². The second-order valence-corrected chi connectivity index (χ2v) is 6.36. The van der Waals surface area contributed by atoms with Crippen molar-refractivity contribution in [2.45, 2.75) is 27.3 Å². The molecule has 1 atom stereocenters. The van der Waals surface area contributed by atoms with E-state index in [-0.39, 0.29) is 17.6 Å². The molecule has 6 heteroatoms. The van der Waals surface area contributed by atoms with Crippen LogP contribution in [0.2, 0.25) is 0 Å². The Bertz CT molecular complexity index is 901. The summed E-state index contributed by atoms with van der Waals surface area (Å²) in [5, 5.41) is 7.21. The first-order chi connectivity index (χ1) is 12.4. The van der Waals surface area contributed by atoms with Crippen molar-refractivity contribution >= 4 is 11.6 Å². The van der Waals surface area contributed by atoms with Crippen molar-refractivity contribution in [3.63, 3.8) is 0 Å². The normalized spacial score (nSPS) is 12.0. The smallest absolute Gasteiger partial charge is 0.229 e. The largest absolute Gasteiger partial charge is 0.326 e.